The Morgan fingerprint density at radius 3 is 2.38 bits per heavy atom. The Balaban J connectivity index is 1.82. The average molecular weight is 364 g/mol. The molecule has 0 radical (unpaired) electrons. The monoisotopic (exact) mass is 363 g/mol. The Bertz CT molecular complexity index is 861. The lowest BCUT2D eigenvalue weighted by atomic mass is 9.94. The van der Waals surface area contributed by atoms with Gasteiger partial charge in [0.25, 0.3) is 0 Å². The van der Waals surface area contributed by atoms with Crippen LogP contribution >= 0.6 is 11.8 Å². The molecule has 3 nitrogen and oxygen atoms in total. The number of amidine groups is 2. The first kappa shape index (κ1) is 17.3. The molecular weight excluding hydrogens is 338 g/mol. The van der Waals surface area contributed by atoms with Gasteiger partial charge in [0, 0.05) is 5.69 Å². The number of rotatable bonds is 2. The maximum atomic E-state index is 5.02. The summed E-state index contributed by atoms with van der Waals surface area (Å²) in [4.78, 5) is 12.5. The van der Waals surface area contributed by atoms with E-state index in [0.717, 1.165) is 29.5 Å². The first-order valence-electron chi connectivity index (χ1n) is 9.28. The lowest BCUT2D eigenvalue weighted by molar-refractivity contribution is 0.592. The number of hydrogen-bond acceptors (Lipinski definition) is 3. The minimum atomic E-state index is -0.0999. The Hall–Kier alpha value is -2.07. The lowest BCUT2D eigenvalue weighted by Gasteiger charge is -2.36. The van der Waals surface area contributed by atoms with Crippen LogP contribution in [0.5, 0.6) is 0 Å². The quantitative estimate of drug-likeness (QED) is 0.666. The van der Waals surface area contributed by atoms with E-state index < -0.39 is 0 Å². The van der Waals surface area contributed by atoms with Crippen LogP contribution in [-0.4, -0.2) is 22.8 Å². The van der Waals surface area contributed by atoms with E-state index in [2.05, 4.69) is 73.5 Å². The molecule has 1 fully saturated rings. The fourth-order valence-electron chi connectivity index (χ4n) is 4.07. The van der Waals surface area contributed by atoms with Crippen LogP contribution in [0, 0.1) is 13.8 Å². The summed E-state index contributed by atoms with van der Waals surface area (Å²) in [5.74, 6) is 0.977. The van der Waals surface area contributed by atoms with Crippen molar-refractivity contribution in [3.05, 3.63) is 59.7 Å². The molecule has 0 bridgehead atoms. The van der Waals surface area contributed by atoms with Gasteiger partial charge in [0.05, 0.1) is 5.69 Å². The minimum absolute atomic E-state index is 0.0999. The largest absolute Gasteiger partial charge is 0.307 e. The van der Waals surface area contributed by atoms with Crippen LogP contribution in [-0.2, 0) is 0 Å². The van der Waals surface area contributed by atoms with Crippen molar-refractivity contribution in [1.29, 1.82) is 0 Å². The Labute approximate surface area is 160 Å². The number of hydrogen-bond donors (Lipinski definition) is 0. The van der Waals surface area contributed by atoms with Crippen LogP contribution in [0.15, 0.2) is 58.5 Å². The number of nitrogens with zero attached hydrogens (tertiary/aromatic N) is 3. The molecule has 26 heavy (non-hydrogen) atoms. The van der Waals surface area contributed by atoms with Gasteiger partial charge in [0.2, 0.25) is 0 Å². The molecule has 1 saturated carbocycles. The lowest BCUT2D eigenvalue weighted by Crippen LogP contribution is -2.49. The van der Waals surface area contributed by atoms with Crippen molar-refractivity contribution in [1.82, 2.24) is 0 Å². The van der Waals surface area contributed by atoms with E-state index in [0.29, 0.717) is 0 Å². The zero-order valence-corrected chi connectivity index (χ0v) is 16.5. The van der Waals surface area contributed by atoms with E-state index in [1.165, 1.54) is 29.7 Å². The summed E-state index contributed by atoms with van der Waals surface area (Å²) < 4.78 is 0. The molecule has 0 unspecified atom stereocenters. The summed E-state index contributed by atoms with van der Waals surface area (Å²) in [5, 5.41) is 1.06. The van der Waals surface area contributed by atoms with E-state index in [-0.39, 0.29) is 5.54 Å². The van der Waals surface area contributed by atoms with Crippen LogP contribution in [0.2, 0.25) is 0 Å². The third kappa shape index (κ3) is 2.96. The SMILES string of the molecule is CSC1=NC(=Nc2cccc(C)c2)C2(CCCC2)N1c1ccc(C)cc1. The molecule has 0 atom stereocenters. The topological polar surface area (TPSA) is 28.0 Å². The smallest absolute Gasteiger partial charge is 0.170 e. The molecule has 0 aromatic heterocycles. The second kappa shape index (κ2) is 6.92. The number of thioether (sulfide) groups is 1. The van der Waals surface area contributed by atoms with Crippen molar-refractivity contribution in [3.8, 4) is 0 Å². The standard InChI is InChI=1S/C22H25N3S/c1-16-9-11-19(12-10-16)25-21(26-3)24-20(22(25)13-4-5-14-22)23-18-8-6-7-17(2)15-18/h6-12,15H,4-5,13-14H2,1-3H3. The molecule has 0 amide bonds. The van der Waals surface area contributed by atoms with Crippen molar-refractivity contribution in [2.45, 2.75) is 45.1 Å². The summed E-state index contributed by atoms with van der Waals surface area (Å²) in [6.45, 7) is 4.24. The van der Waals surface area contributed by atoms with Gasteiger partial charge in [0.1, 0.15) is 5.54 Å². The van der Waals surface area contributed by atoms with Gasteiger partial charge in [0.15, 0.2) is 11.0 Å². The van der Waals surface area contributed by atoms with E-state index in [1.54, 1.807) is 11.8 Å². The van der Waals surface area contributed by atoms with E-state index in [9.17, 15) is 0 Å². The van der Waals surface area contributed by atoms with E-state index in [4.69, 9.17) is 9.98 Å². The molecule has 1 spiro atoms. The molecule has 134 valence electrons. The average Bonchev–Trinajstić information content (AvgIpc) is 3.23. The number of benzene rings is 2. The van der Waals surface area contributed by atoms with E-state index in [1.807, 2.05) is 0 Å². The molecule has 1 heterocycles. The summed E-state index contributed by atoms with van der Waals surface area (Å²) in [7, 11) is 0. The first-order chi connectivity index (χ1) is 12.6. The van der Waals surface area contributed by atoms with Gasteiger partial charge in [-0.2, -0.15) is 0 Å². The van der Waals surface area contributed by atoms with Gasteiger partial charge in [-0.1, -0.05) is 54.4 Å². The third-order valence-corrected chi connectivity index (χ3v) is 6.02. The molecular formula is C22H25N3S. The molecule has 2 aliphatic rings. The van der Waals surface area contributed by atoms with Gasteiger partial charge in [-0.05, 0) is 62.8 Å². The molecule has 4 heteroatoms. The van der Waals surface area contributed by atoms with Crippen LogP contribution in [0.3, 0.4) is 0 Å². The van der Waals surface area contributed by atoms with Gasteiger partial charge in [-0.25, -0.2) is 9.98 Å². The molecule has 2 aromatic carbocycles. The predicted molar refractivity (Wildman–Crippen MR) is 114 cm³/mol. The normalized spacial score (nSPS) is 20.2. The van der Waals surface area contributed by atoms with Crippen molar-refractivity contribution < 1.29 is 0 Å². The van der Waals surface area contributed by atoms with Gasteiger partial charge >= 0.3 is 0 Å². The maximum absolute atomic E-state index is 5.02. The summed E-state index contributed by atoms with van der Waals surface area (Å²) in [6.07, 6.45) is 6.79. The van der Waals surface area contributed by atoms with Crippen LogP contribution in [0.25, 0.3) is 0 Å². The Kier molecular flexibility index (Phi) is 4.62. The molecule has 1 aliphatic carbocycles. The predicted octanol–water partition coefficient (Wildman–Crippen LogP) is 5.89. The van der Waals surface area contributed by atoms with Gasteiger partial charge in [-0.3, -0.25) is 0 Å². The van der Waals surface area contributed by atoms with Crippen LogP contribution < -0.4 is 4.90 Å². The fourth-order valence-corrected chi connectivity index (χ4v) is 4.71. The summed E-state index contributed by atoms with van der Waals surface area (Å²) in [5.41, 5.74) is 4.64. The Morgan fingerprint density at radius 2 is 1.73 bits per heavy atom. The van der Waals surface area contributed by atoms with Crippen molar-refractivity contribution in [3.63, 3.8) is 0 Å². The zero-order chi connectivity index (χ0) is 18.1. The molecule has 0 N–H and O–H groups in total. The van der Waals surface area contributed by atoms with E-state index >= 15 is 0 Å². The number of aryl methyl sites for hydroxylation is 2. The van der Waals surface area contributed by atoms with Crippen LogP contribution in [0.4, 0.5) is 11.4 Å². The molecule has 1 aliphatic heterocycles. The van der Waals surface area contributed by atoms with Gasteiger partial charge in [-0.15, -0.1) is 0 Å². The number of anilines is 1. The highest BCUT2D eigenvalue weighted by Crippen LogP contribution is 2.45. The minimum Gasteiger partial charge on any atom is -0.307 e. The van der Waals surface area contributed by atoms with Crippen molar-refractivity contribution in [2.24, 2.45) is 9.98 Å². The highest BCUT2D eigenvalue weighted by atomic mass is 32.2. The molecule has 4 rings (SSSR count). The fraction of sp³-hybridized carbons (Fsp3) is 0.364. The van der Waals surface area contributed by atoms with Gasteiger partial charge < -0.3 is 4.90 Å². The molecule has 2 aromatic rings. The highest BCUT2D eigenvalue weighted by molar-refractivity contribution is 8.13. The Morgan fingerprint density at radius 1 is 1.00 bits per heavy atom. The van der Waals surface area contributed by atoms with Crippen molar-refractivity contribution >= 4 is 34.1 Å². The second-order valence-electron chi connectivity index (χ2n) is 7.28. The van der Waals surface area contributed by atoms with Crippen molar-refractivity contribution in [2.75, 3.05) is 11.2 Å². The second-order valence-corrected chi connectivity index (χ2v) is 8.06. The maximum Gasteiger partial charge on any atom is 0.170 e. The number of aliphatic imine (C=N–C) groups is 2. The zero-order valence-electron chi connectivity index (χ0n) is 15.7. The first-order valence-corrected chi connectivity index (χ1v) is 10.5. The summed E-state index contributed by atoms with van der Waals surface area (Å²) in [6, 6.07) is 17.2. The third-order valence-electron chi connectivity index (χ3n) is 5.38. The highest BCUT2D eigenvalue weighted by Gasteiger charge is 2.50. The molecule has 0 saturated heterocycles. The summed E-state index contributed by atoms with van der Waals surface area (Å²) >= 11 is 1.71. The van der Waals surface area contributed by atoms with Crippen LogP contribution in [0.1, 0.15) is 36.8 Å².